The third kappa shape index (κ3) is 1.67. The molecule has 2 aliphatic heterocycles. The van der Waals surface area contributed by atoms with Crippen molar-refractivity contribution in [2.75, 3.05) is 13.1 Å². The smallest absolute Gasteiger partial charge is 0.177 e. The lowest BCUT2D eigenvalue weighted by Gasteiger charge is -2.64. The van der Waals surface area contributed by atoms with Gasteiger partial charge in [0.25, 0.3) is 0 Å². The van der Waals surface area contributed by atoms with E-state index in [1.165, 1.54) is 6.07 Å². The lowest BCUT2D eigenvalue weighted by molar-refractivity contribution is -0.248. The molecule has 6 rings (SSSR count). The van der Waals surface area contributed by atoms with Crippen molar-refractivity contribution in [3.63, 3.8) is 0 Å². The van der Waals surface area contributed by atoms with Crippen LogP contribution in [0.2, 0.25) is 0 Å². The molecule has 2 saturated carbocycles. The number of piperidine rings is 1. The van der Waals surface area contributed by atoms with Crippen LogP contribution in [0.3, 0.4) is 0 Å². The van der Waals surface area contributed by atoms with Crippen molar-refractivity contribution in [2.24, 2.45) is 5.92 Å². The van der Waals surface area contributed by atoms with E-state index in [2.05, 4.69) is 4.90 Å². The summed E-state index contributed by atoms with van der Waals surface area (Å²) in [6.07, 6.45) is -0.737. The minimum absolute atomic E-state index is 0.103. The van der Waals surface area contributed by atoms with Crippen molar-refractivity contribution in [1.82, 2.24) is 4.90 Å². The molecule has 5 aliphatic rings. The molecule has 3 aliphatic carbocycles. The van der Waals surface area contributed by atoms with Gasteiger partial charge in [0.15, 0.2) is 23.4 Å². The summed E-state index contributed by atoms with van der Waals surface area (Å²) in [5.74, 6) is 0.365. The molecule has 6 atom stereocenters. The molecule has 2 heterocycles. The Kier molecular flexibility index (Phi) is 2.92. The van der Waals surface area contributed by atoms with Gasteiger partial charge in [-0.2, -0.15) is 0 Å². The van der Waals surface area contributed by atoms with Crippen LogP contribution in [0.15, 0.2) is 12.1 Å². The minimum atomic E-state index is -1.70. The first-order valence-corrected chi connectivity index (χ1v) is 9.78. The zero-order valence-electron chi connectivity index (χ0n) is 14.8. The van der Waals surface area contributed by atoms with E-state index in [1.807, 2.05) is 0 Å². The van der Waals surface area contributed by atoms with Crippen molar-refractivity contribution in [1.29, 1.82) is 0 Å². The van der Waals surface area contributed by atoms with Crippen LogP contribution in [0.4, 0.5) is 0 Å². The number of nitrogens with zero attached hydrogens (tertiary/aromatic N) is 1. The van der Waals surface area contributed by atoms with Gasteiger partial charge < -0.3 is 25.2 Å². The van der Waals surface area contributed by atoms with Crippen LogP contribution < -0.4 is 4.74 Å². The number of benzene rings is 1. The topological polar surface area (TPSA) is 110 Å². The molecule has 1 spiro atoms. The van der Waals surface area contributed by atoms with E-state index < -0.39 is 35.4 Å². The van der Waals surface area contributed by atoms with Gasteiger partial charge in [0.2, 0.25) is 0 Å². The quantitative estimate of drug-likeness (QED) is 0.577. The van der Waals surface area contributed by atoms with Crippen LogP contribution >= 0.6 is 0 Å². The molecule has 0 amide bonds. The summed E-state index contributed by atoms with van der Waals surface area (Å²) in [5, 5.41) is 44.5. The second-order valence-corrected chi connectivity index (χ2v) is 8.94. The van der Waals surface area contributed by atoms with Crippen molar-refractivity contribution >= 4 is 5.78 Å². The molecule has 1 aromatic rings. The number of carbonyl (C=O) groups excluding carboxylic acids is 1. The van der Waals surface area contributed by atoms with Crippen molar-refractivity contribution < 1.29 is 30.0 Å². The van der Waals surface area contributed by atoms with Crippen LogP contribution in [0.5, 0.6) is 11.5 Å². The third-order valence-electron chi connectivity index (χ3n) is 7.65. The van der Waals surface area contributed by atoms with Gasteiger partial charge in [0.05, 0.1) is 23.7 Å². The standard InChI is InChI=1S/C20H23NO6/c22-11-4-3-10-14-16(11)27-18-12(23)7-13(24)20(26)17(15(10)25)21(8-9-1-2-9)6-5-19(14,18)20/h3-4,9,13,15,17-18,22,24-26H,1-2,5-8H2/t13-,15+,17+,18-,19-,20+/m0/s1. The number of hydrogen-bond donors (Lipinski definition) is 4. The molecule has 4 N–H and O–H groups in total. The monoisotopic (exact) mass is 373 g/mol. The molecule has 1 saturated heterocycles. The SMILES string of the molecule is O=C1C[C@H](O)[C@@]2(O)[C@H]3[C@H](O)c4ccc(O)c5c4[C@@]2(CCN3CC2CC2)[C@H]1O5. The predicted molar refractivity (Wildman–Crippen MR) is 92.4 cm³/mol. The number of hydrogen-bond acceptors (Lipinski definition) is 7. The molecule has 7 heteroatoms. The highest BCUT2D eigenvalue weighted by Crippen LogP contribution is 2.66. The summed E-state index contributed by atoms with van der Waals surface area (Å²) in [6.45, 7) is 1.38. The average molecular weight is 373 g/mol. The van der Waals surface area contributed by atoms with E-state index >= 15 is 0 Å². The molecule has 2 bridgehead atoms. The predicted octanol–water partition coefficient (Wildman–Crippen LogP) is -0.0129. The van der Waals surface area contributed by atoms with Crippen LogP contribution in [-0.4, -0.2) is 68.0 Å². The van der Waals surface area contributed by atoms with E-state index in [9.17, 15) is 25.2 Å². The Morgan fingerprint density at radius 1 is 1.26 bits per heavy atom. The lowest BCUT2D eigenvalue weighted by Crippen LogP contribution is -2.81. The highest BCUT2D eigenvalue weighted by molar-refractivity contribution is 5.90. The van der Waals surface area contributed by atoms with Gasteiger partial charge >= 0.3 is 0 Å². The second kappa shape index (κ2) is 4.84. The van der Waals surface area contributed by atoms with Crippen LogP contribution in [0.25, 0.3) is 0 Å². The average Bonchev–Trinajstić information content (AvgIpc) is 3.36. The third-order valence-corrected chi connectivity index (χ3v) is 7.65. The largest absolute Gasteiger partial charge is 0.504 e. The normalized spacial score (nSPS) is 44.8. The summed E-state index contributed by atoms with van der Waals surface area (Å²) < 4.78 is 5.91. The fraction of sp³-hybridized carbons (Fsp3) is 0.650. The second-order valence-electron chi connectivity index (χ2n) is 8.94. The van der Waals surface area contributed by atoms with Crippen molar-refractivity contribution in [3.8, 4) is 11.5 Å². The van der Waals surface area contributed by atoms with E-state index in [0.29, 0.717) is 30.0 Å². The number of phenolic OH excluding ortho intramolecular Hbond substituents is 1. The maximum absolute atomic E-state index is 12.8. The van der Waals surface area contributed by atoms with Crippen LogP contribution in [0.1, 0.15) is 42.9 Å². The Labute approximate surface area is 156 Å². The van der Waals surface area contributed by atoms with E-state index in [0.717, 1.165) is 19.4 Å². The van der Waals surface area contributed by atoms with Gasteiger partial charge in [-0.15, -0.1) is 0 Å². The number of ether oxygens (including phenoxy) is 1. The molecule has 0 unspecified atom stereocenters. The molecule has 0 radical (unpaired) electrons. The maximum atomic E-state index is 12.8. The van der Waals surface area contributed by atoms with Crippen molar-refractivity contribution in [2.45, 2.75) is 61.1 Å². The summed E-state index contributed by atoms with van der Waals surface area (Å²) in [5.41, 5.74) is -1.74. The molecule has 7 nitrogen and oxygen atoms in total. The number of likely N-dealkylation sites (tertiary alicyclic amines) is 1. The van der Waals surface area contributed by atoms with E-state index in [1.54, 1.807) is 6.07 Å². The highest BCUT2D eigenvalue weighted by atomic mass is 16.5. The first-order valence-electron chi connectivity index (χ1n) is 9.78. The maximum Gasteiger partial charge on any atom is 0.177 e. The van der Waals surface area contributed by atoms with Gasteiger partial charge in [0.1, 0.15) is 5.60 Å². The Balaban J connectivity index is 1.64. The highest BCUT2D eigenvalue weighted by Gasteiger charge is 2.77. The number of rotatable bonds is 2. The summed E-state index contributed by atoms with van der Waals surface area (Å²) in [6, 6.07) is 2.42. The van der Waals surface area contributed by atoms with Gasteiger partial charge in [-0.25, -0.2) is 0 Å². The Morgan fingerprint density at radius 2 is 2.04 bits per heavy atom. The Morgan fingerprint density at radius 3 is 2.78 bits per heavy atom. The number of aliphatic hydroxyl groups excluding tert-OH is 2. The first kappa shape index (κ1) is 16.3. The first-order chi connectivity index (χ1) is 12.9. The fourth-order valence-electron chi connectivity index (χ4n) is 6.37. The summed E-state index contributed by atoms with van der Waals surface area (Å²) in [7, 11) is 0. The van der Waals surface area contributed by atoms with E-state index in [4.69, 9.17) is 4.74 Å². The number of phenols is 1. The molecule has 27 heavy (non-hydrogen) atoms. The molecular weight excluding hydrogens is 350 g/mol. The number of aromatic hydroxyl groups is 1. The molecule has 0 aromatic heterocycles. The molecule has 144 valence electrons. The van der Waals surface area contributed by atoms with Crippen LogP contribution in [-0.2, 0) is 10.2 Å². The zero-order chi connectivity index (χ0) is 18.7. The lowest BCUT2D eigenvalue weighted by atomic mass is 9.47. The molecule has 1 aromatic carbocycles. The number of ketones is 1. The fourth-order valence-corrected chi connectivity index (χ4v) is 6.37. The zero-order valence-corrected chi connectivity index (χ0v) is 14.8. The van der Waals surface area contributed by atoms with Crippen LogP contribution in [0, 0.1) is 5.92 Å². The number of Topliss-reactive ketones (excluding diaryl/α,β-unsaturated/α-hetero) is 1. The number of carbonyl (C=O) groups is 1. The summed E-state index contributed by atoms with van der Waals surface area (Å²) >= 11 is 0. The van der Waals surface area contributed by atoms with Gasteiger partial charge in [-0.3, -0.25) is 9.69 Å². The van der Waals surface area contributed by atoms with E-state index in [-0.39, 0.29) is 23.7 Å². The number of aliphatic hydroxyl groups is 3. The minimum Gasteiger partial charge on any atom is -0.504 e. The van der Waals surface area contributed by atoms with Gasteiger partial charge in [0, 0.05) is 18.5 Å². The Hall–Kier alpha value is -1.67. The summed E-state index contributed by atoms with van der Waals surface area (Å²) in [4.78, 5) is 14.9. The van der Waals surface area contributed by atoms with Gasteiger partial charge in [-0.05, 0) is 43.4 Å². The Bertz CT molecular complexity index is 868. The van der Waals surface area contributed by atoms with Crippen molar-refractivity contribution in [3.05, 3.63) is 23.3 Å². The molecule has 3 fully saturated rings. The van der Waals surface area contributed by atoms with Gasteiger partial charge in [-0.1, -0.05) is 6.07 Å². The molecular formula is C20H23NO6.